The predicted octanol–water partition coefficient (Wildman–Crippen LogP) is 6.30. The van der Waals surface area contributed by atoms with Gasteiger partial charge in [-0.05, 0) is 40.2 Å². The number of hydrogen-bond donors (Lipinski definition) is 1. The van der Waals surface area contributed by atoms with E-state index in [1.807, 2.05) is 17.0 Å². The first-order chi connectivity index (χ1) is 15.2. The van der Waals surface area contributed by atoms with Crippen molar-refractivity contribution in [1.29, 1.82) is 0 Å². The smallest absolute Gasteiger partial charge is 0.321 e. The van der Waals surface area contributed by atoms with Crippen LogP contribution in [-0.4, -0.2) is 35.3 Å². The van der Waals surface area contributed by atoms with E-state index < -0.39 is 0 Å². The molecule has 0 aromatic heterocycles. The Labute approximate surface area is 191 Å². The largest absolute Gasteiger partial charge is 0.388 e. The number of likely N-dealkylation sites (tertiary alicyclic amines) is 1. The van der Waals surface area contributed by atoms with Crippen LogP contribution in [0.2, 0.25) is 0 Å². The van der Waals surface area contributed by atoms with Gasteiger partial charge in [-0.3, -0.25) is 0 Å². The Bertz CT molecular complexity index is 977. The normalized spacial score (nSPS) is 17.9. The van der Waals surface area contributed by atoms with E-state index in [2.05, 4.69) is 81.5 Å². The topological polar surface area (TPSA) is 53.9 Å². The van der Waals surface area contributed by atoms with Crippen molar-refractivity contribution in [2.45, 2.75) is 70.8 Å². The van der Waals surface area contributed by atoms with Crippen molar-refractivity contribution in [2.24, 2.45) is 5.16 Å². The highest BCUT2D eigenvalue weighted by atomic mass is 16.7. The number of oxime groups is 1. The molecule has 5 nitrogen and oxygen atoms in total. The first-order valence-electron chi connectivity index (χ1n) is 11.7. The molecular weight excluding hydrogens is 398 g/mol. The molecule has 0 bridgehead atoms. The lowest BCUT2D eigenvalue weighted by Gasteiger charge is -2.37. The number of hydrogen-bond acceptors (Lipinski definition) is 3. The molecule has 2 aliphatic heterocycles. The van der Waals surface area contributed by atoms with Crippen LogP contribution in [0, 0.1) is 0 Å². The zero-order valence-electron chi connectivity index (χ0n) is 19.9. The SMILES string of the molecule is CC(C)c1ccc(NC(=O)N2CCC3(CC2)CC(c2ccc(C(C)(C)C)cc2)=NO3)cc1. The molecule has 4 rings (SSSR count). The maximum atomic E-state index is 12.7. The number of nitrogens with zero attached hydrogens (tertiary/aromatic N) is 2. The second-order valence-corrected chi connectivity index (χ2v) is 10.5. The van der Waals surface area contributed by atoms with Crippen molar-refractivity contribution >= 4 is 17.4 Å². The summed E-state index contributed by atoms with van der Waals surface area (Å²) in [5.41, 5.74) is 5.40. The van der Waals surface area contributed by atoms with Crippen LogP contribution >= 0.6 is 0 Å². The fraction of sp³-hybridized carbons (Fsp3) is 0.481. The van der Waals surface area contributed by atoms with Gasteiger partial charge in [0, 0.05) is 38.0 Å². The Kier molecular flexibility index (Phi) is 6.02. The third-order valence-corrected chi connectivity index (χ3v) is 6.71. The number of nitrogens with one attached hydrogen (secondary N) is 1. The lowest BCUT2D eigenvalue weighted by Crippen LogP contribution is -2.48. The standard InChI is InChI=1S/C27H35N3O2/c1-19(2)20-8-12-23(13-9-20)28-25(31)30-16-14-27(15-17-30)18-24(29-32-27)21-6-10-22(11-7-21)26(3,4)5/h6-13,19H,14-18H2,1-5H3,(H,28,31). The molecule has 1 saturated heterocycles. The van der Waals surface area contributed by atoms with E-state index in [1.165, 1.54) is 11.1 Å². The zero-order valence-corrected chi connectivity index (χ0v) is 19.9. The van der Waals surface area contributed by atoms with Crippen LogP contribution < -0.4 is 5.32 Å². The third kappa shape index (κ3) is 4.82. The predicted molar refractivity (Wildman–Crippen MR) is 130 cm³/mol. The molecule has 2 amide bonds. The van der Waals surface area contributed by atoms with Gasteiger partial charge in [0.25, 0.3) is 0 Å². The number of carbonyl (C=O) groups excluding carboxylic acids is 1. The van der Waals surface area contributed by atoms with E-state index >= 15 is 0 Å². The minimum Gasteiger partial charge on any atom is -0.388 e. The molecule has 5 heteroatoms. The number of piperidine rings is 1. The molecule has 0 radical (unpaired) electrons. The van der Waals surface area contributed by atoms with Gasteiger partial charge in [0.1, 0.15) is 5.60 Å². The molecule has 2 aromatic carbocycles. The van der Waals surface area contributed by atoms with Crippen LogP contribution in [0.4, 0.5) is 10.5 Å². The fourth-order valence-electron chi connectivity index (χ4n) is 4.38. The van der Waals surface area contributed by atoms with Crippen LogP contribution in [-0.2, 0) is 10.3 Å². The first kappa shape index (κ1) is 22.4. The monoisotopic (exact) mass is 433 g/mol. The first-order valence-corrected chi connectivity index (χ1v) is 11.7. The van der Waals surface area contributed by atoms with Gasteiger partial charge < -0.3 is 15.1 Å². The van der Waals surface area contributed by atoms with E-state index in [4.69, 9.17) is 4.84 Å². The van der Waals surface area contributed by atoms with Crippen LogP contribution in [0.3, 0.4) is 0 Å². The molecule has 32 heavy (non-hydrogen) atoms. The maximum Gasteiger partial charge on any atom is 0.321 e. The molecule has 2 heterocycles. The summed E-state index contributed by atoms with van der Waals surface area (Å²) >= 11 is 0. The summed E-state index contributed by atoms with van der Waals surface area (Å²) in [6.07, 6.45) is 2.38. The second kappa shape index (κ2) is 8.61. The summed E-state index contributed by atoms with van der Waals surface area (Å²) in [5, 5.41) is 7.46. The van der Waals surface area contributed by atoms with Gasteiger partial charge in [-0.2, -0.15) is 0 Å². The van der Waals surface area contributed by atoms with Gasteiger partial charge in [0.15, 0.2) is 0 Å². The number of amides is 2. The number of carbonyl (C=O) groups is 1. The fourth-order valence-corrected chi connectivity index (χ4v) is 4.38. The Morgan fingerprint density at radius 3 is 2.22 bits per heavy atom. The van der Waals surface area contributed by atoms with Gasteiger partial charge in [0.05, 0.1) is 5.71 Å². The quantitative estimate of drug-likeness (QED) is 0.618. The van der Waals surface area contributed by atoms with Crippen LogP contribution in [0.25, 0.3) is 0 Å². The Morgan fingerprint density at radius 1 is 1.03 bits per heavy atom. The van der Waals surface area contributed by atoms with E-state index in [9.17, 15) is 4.79 Å². The van der Waals surface area contributed by atoms with Crippen LogP contribution in [0.15, 0.2) is 53.7 Å². The van der Waals surface area contributed by atoms with E-state index in [0.717, 1.165) is 36.2 Å². The van der Waals surface area contributed by atoms with Crippen molar-refractivity contribution in [1.82, 2.24) is 4.90 Å². The summed E-state index contributed by atoms with van der Waals surface area (Å²) in [4.78, 5) is 20.6. The summed E-state index contributed by atoms with van der Waals surface area (Å²) in [6, 6.07) is 16.7. The number of rotatable bonds is 3. The number of anilines is 1. The highest BCUT2D eigenvalue weighted by molar-refractivity contribution is 6.01. The Hall–Kier alpha value is -2.82. The van der Waals surface area contributed by atoms with Crippen LogP contribution in [0.5, 0.6) is 0 Å². The van der Waals surface area contributed by atoms with E-state index in [1.54, 1.807) is 0 Å². The molecule has 2 aromatic rings. The molecule has 1 N–H and O–H groups in total. The van der Waals surface area contributed by atoms with Crippen molar-refractivity contribution in [2.75, 3.05) is 18.4 Å². The summed E-state index contributed by atoms with van der Waals surface area (Å²) in [5.74, 6) is 0.480. The Morgan fingerprint density at radius 2 is 1.66 bits per heavy atom. The van der Waals surface area contributed by atoms with E-state index in [0.29, 0.717) is 19.0 Å². The zero-order chi connectivity index (χ0) is 22.9. The molecule has 1 spiro atoms. The minimum atomic E-state index is -0.284. The van der Waals surface area contributed by atoms with Gasteiger partial charge in [-0.25, -0.2) is 4.79 Å². The van der Waals surface area contributed by atoms with Crippen molar-refractivity contribution < 1.29 is 9.63 Å². The molecule has 1 fully saturated rings. The Balaban J connectivity index is 1.31. The second-order valence-electron chi connectivity index (χ2n) is 10.5. The molecule has 0 atom stereocenters. The van der Waals surface area contributed by atoms with E-state index in [-0.39, 0.29) is 17.0 Å². The molecular formula is C27H35N3O2. The number of urea groups is 1. The summed E-state index contributed by atoms with van der Waals surface area (Å²) < 4.78 is 0. The molecule has 2 aliphatic rings. The lowest BCUT2D eigenvalue weighted by atomic mass is 9.84. The van der Waals surface area contributed by atoms with Gasteiger partial charge in [-0.15, -0.1) is 0 Å². The van der Waals surface area contributed by atoms with Gasteiger partial charge >= 0.3 is 6.03 Å². The minimum absolute atomic E-state index is 0.0472. The van der Waals surface area contributed by atoms with Crippen molar-refractivity contribution in [3.8, 4) is 0 Å². The number of benzene rings is 2. The summed E-state index contributed by atoms with van der Waals surface area (Å²) in [7, 11) is 0. The summed E-state index contributed by atoms with van der Waals surface area (Å²) in [6.45, 7) is 12.3. The molecule has 0 unspecified atom stereocenters. The van der Waals surface area contributed by atoms with Crippen LogP contribution in [0.1, 0.15) is 76.5 Å². The highest BCUT2D eigenvalue weighted by Gasteiger charge is 2.43. The van der Waals surface area contributed by atoms with Gasteiger partial charge in [0.2, 0.25) is 0 Å². The molecule has 0 aliphatic carbocycles. The highest BCUT2D eigenvalue weighted by Crippen LogP contribution is 2.36. The third-order valence-electron chi connectivity index (χ3n) is 6.71. The van der Waals surface area contributed by atoms with Crippen molar-refractivity contribution in [3.63, 3.8) is 0 Å². The lowest BCUT2D eigenvalue weighted by molar-refractivity contribution is -0.0544. The average Bonchev–Trinajstić information content (AvgIpc) is 3.17. The van der Waals surface area contributed by atoms with Crippen molar-refractivity contribution in [3.05, 3.63) is 65.2 Å². The molecule has 170 valence electrons. The maximum absolute atomic E-state index is 12.7. The molecule has 0 saturated carbocycles. The van der Waals surface area contributed by atoms with Gasteiger partial charge in [-0.1, -0.05) is 76.2 Å². The average molecular weight is 434 g/mol.